The van der Waals surface area contributed by atoms with Crippen LogP contribution in [0, 0.1) is 0 Å². The number of hydrogen-bond acceptors (Lipinski definition) is 8. The average molecular weight is 555 g/mol. The lowest BCUT2D eigenvalue weighted by atomic mass is 9.82. The van der Waals surface area contributed by atoms with Crippen LogP contribution >= 0.6 is 11.6 Å². The molecule has 1 atom stereocenters. The number of nitrogens with zero attached hydrogens (tertiary/aromatic N) is 7. The fourth-order valence-corrected chi connectivity index (χ4v) is 5.19. The van der Waals surface area contributed by atoms with Gasteiger partial charge in [-0.05, 0) is 51.4 Å². The largest absolute Gasteiger partial charge is 0.383 e. The maximum atomic E-state index is 12.6. The first kappa shape index (κ1) is 26.0. The van der Waals surface area contributed by atoms with E-state index in [1.807, 2.05) is 78.3 Å². The van der Waals surface area contributed by atoms with Gasteiger partial charge in [0.05, 0.1) is 36.0 Å². The first-order valence-corrected chi connectivity index (χ1v) is 13.1. The van der Waals surface area contributed by atoms with Crippen molar-refractivity contribution in [3.8, 4) is 11.3 Å². The number of rotatable bonds is 9. The van der Waals surface area contributed by atoms with Gasteiger partial charge in [-0.15, -0.1) is 0 Å². The van der Waals surface area contributed by atoms with Gasteiger partial charge in [0.1, 0.15) is 0 Å². The molecular weight excluding hydrogens is 528 g/mol. The van der Waals surface area contributed by atoms with E-state index in [0.29, 0.717) is 46.5 Å². The second-order valence-corrected chi connectivity index (χ2v) is 10.00. The van der Waals surface area contributed by atoms with Crippen molar-refractivity contribution in [2.45, 2.75) is 12.1 Å². The van der Waals surface area contributed by atoms with Crippen LogP contribution in [0.15, 0.2) is 79.3 Å². The number of methoxy groups -OCH3 is 1. The molecule has 6 aromatic rings. The van der Waals surface area contributed by atoms with Crippen LogP contribution in [0.5, 0.6) is 0 Å². The van der Waals surface area contributed by atoms with Crippen LogP contribution in [0.3, 0.4) is 0 Å². The summed E-state index contributed by atoms with van der Waals surface area (Å²) in [5.41, 5.74) is 3.78. The Morgan fingerprint density at radius 2 is 1.88 bits per heavy atom. The number of fused-ring (bicyclic) bond motifs is 3. The Kier molecular flexibility index (Phi) is 6.99. The monoisotopic (exact) mass is 554 g/mol. The third-order valence-corrected chi connectivity index (χ3v) is 7.27. The molecular formula is C29H27ClN8O2. The van der Waals surface area contributed by atoms with Gasteiger partial charge in [0, 0.05) is 43.2 Å². The van der Waals surface area contributed by atoms with Gasteiger partial charge in [-0.3, -0.25) is 0 Å². The molecule has 3 heterocycles. The maximum Gasteiger partial charge on any atom is 0.274 e. The highest BCUT2D eigenvalue weighted by Crippen LogP contribution is 2.39. The van der Waals surface area contributed by atoms with Gasteiger partial charge >= 0.3 is 0 Å². The molecule has 0 fully saturated rings. The number of halogens is 1. The number of imidazole rings is 1. The van der Waals surface area contributed by atoms with Gasteiger partial charge in [-0.25, -0.2) is 9.97 Å². The summed E-state index contributed by atoms with van der Waals surface area (Å²) in [5, 5.41) is 29.3. The molecule has 10 nitrogen and oxygen atoms in total. The number of aromatic nitrogens is 7. The normalized spacial score (nSPS) is 13.2. The maximum absolute atomic E-state index is 12.6. The van der Waals surface area contributed by atoms with Gasteiger partial charge in [0.25, 0.3) is 5.78 Å². The highest BCUT2D eigenvalue weighted by molar-refractivity contribution is 6.30. The molecule has 0 saturated carbocycles. The number of tetrazole rings is 1. The molecule has 2 N–H and O–H groups in total. The Morgan fingerprint density at radius 1 is 1.05 bits per heavy atom. The molecule has 0 radical (unpaired) electrons. The van der Waals surface area contributed by atoms with Crippen molar-refractivity contribution < 1.29 is 9.84 Å². The summed E-state index contributed by atoms with van der Waals surface area (Å²) in [6.07, 6.45) is 3.37. The molecule has 11 heteroatoms. The van der Waals surface area contributed by atoms with Crippen molar-refractivity contribution in [1.29, 1.82) is 0 Å². The minimum atomic E-state index is -1.51. The SMILES string of the molecule is COCCNCc1ccc(C(O)(c2ccc3c(c2)c(-c2cccc(Cl)c2)nc2nnnn23)c2cncn2C)cc1. The van der Waals surface area contributed by atoms with Crippen LogP contribution in [0.1, 0.15) is 22.4 Å². The van der Waals surface area contributed by atoms with Gasteiger partial charge in [0.15, 0.2) is 5.60 Å². The molecule has 3 aromatic carbocycles. The van der Waals surface area contributed by atoms with Gasteiger partial charge in [-0.1, -0.05) is 59.2 Å². The molecule has 0 bridgehead atoms. The van der Waals surface area contributed by atoms with Gasteiger partial charge in [-0.2, -0.15) is 4.52 Å². The summed E-state index contributed by atoms with van der Waals surface area (Å²) in [6, 6.07) is 21.1. The lowest BCUT2D eigenvalue weighted by Crippen LogP contribution is -2.31. The first-order valence-electron chi connectivity index (χ1n) is 12.8. The molecule has 0 aliphatic heterocycles. The Bertz CT molecular complexity index is 1800. The van der Waals surface area contributed by atoms with E-state index in [9.17, 15) is 5.11 Å². The minimum Gasteiger partial charge on any atom is -0.383 e. The van der Waals surface area contributed by atoms with Crippen LogP contribution in [-0.4, -0.2) is 59.9 Å². The molecule has 40 heavy (non-hydrogen) atoms. The summed E-state index contributed by atoms with van der Waals surface area (Å²) in [5.74, 6) is 0.367. The Morgan fingerprint density at radius 3 is 2.62 bits per heavy atom. The number of ether oxygens (including phenoxy) is 1. The highest BCUT2D eigenvalue weighted by Gasteiger charge is 2.37. The number of aryl methyl sites for hydroxylation is 1. The molecule has 1 unspecified atom stereocenters. The second kappa shape index (κ2) is 10.7. The smallest absolute Gasteiger partial charge is 0.274 e. The van der Waals surface area contributed by atoms with E-state index in [1.165, 1.54) is 0 Å². The zero-order valence-electron chi connectivity index (χ0n) is 22.0. The Hall–Kier alpha value is -4.22. The molecule has 202 valence electrons. The zero-order valence-corrected chi connectivity index (χ0v) is 22.7. The van der Waals surface area contributed by atoms with Crippen LogP contribution in [-0.2, 0) is 23.9 Å². The van der Waals surface area contributed by atoms with Crippen molar-refractivity contribution in [1.82, 2.24) is 39.9 Å². The Balaban J connectivity index is 1.52. The Labute approximate surface area is 235 Å². The predicted octanol–water partition coefficient (Wildman–Crippen LogP) is 3.75. The van der Waals surface area contributed by atoms with Crippen molar-refractivity contribution in [2.24, 2.45) is 7.05 Å². The average Bonchev–Trinajstić information content (AvgIpc) is 3.64. The fourth-order valence-electron chi connectivity index (χ4n) is 5.00. The summed E-state index contributed by atoms with van der Waals surface area (Å²) in [7, 11) is 3.55. The topological polar surface area (TPSA) is 115 Å². The van der Waals surface area contributed by atoms with E-state index in [0.717, 1.165) is 28.6 Å². The van der Waals surface area contributed by atoms with Crippen LogP contribution in [0.25, 0.3) is 27.9 Å². The van der Waals surface area contributed by atoms with E-state index in [-0.39, 0.29) is 0 Å². The number of hydrogen-bond donors (Lipinski definition) is 2. The van der Waals surface area contributed by atoms with Gasteiger partial charge < -0.3 is 19.7 Å². The third kappa shape index (κ3) is 4.61. The molecule has 0 amide bonds. The molecule has 3 aromatic heterocycles. The third-order valence-electron chi connectivity index (χ3n) is 7.03. The van der Waals surface area contributed by atoms with Gasteiger partial charge in [0.2, 0.25) is 0 Å². The van der Waals surface area contributed by atoms with Crippen molar-refractivity contribution in [3.63, 3.8) is 0 Å². The molecule has 0 aliphatic rings. The van der Waals surface area contributed by atoms with Crippen LogP contribution in [0.2, 0.25) is 5.02 Å². The lowest BCUT2D eigenvalue weighted by molar-refractivity contribution is 0.117. The second-order valence-electron chi connectivity index (χ2n) is 9.56. The van der Waals surface area contributed by atoms with E-state index < -0.39 is 5.60 Å². The summed E-state index contributed by atoms with van der Waals surface area (Å²) < 4.78 is 8.52. The molecule has 0 saturated heterocycles. The minimum absolute atomic E-state index is 0.367. The number of nitrogens with one attached hydrogen (secondary N) is 1. The van der Waals surface area contributed by atoms with Crippen molar-refractivity contribution in [2.75, 3.05) is 20.3 Å². The highest BCUT2D eigenvalue weighted by atomic mass is 35.5. The van der Waals surface area contributed by atoms with E-state index in [4.69, 9.17) is 21.3 Å². The van der Waals surface area contributed by atoms with E-state index in [2.05, 4.69) is 25.8 Å². The first-order chi connectivity index (χ1) is 19.5. The molecule has 0 aliphatic carbocycles. The quantitative estimate of drug-likeness (QED) is 0.260. The van der Waals surface area contributed by atoms with Crippen molar-refractivity contribution in [3.05, 3.63) is 107 Å². The molecule has 0 spiro atoms. The summed E-state index contributed by atoms with van der Waals surface area (Å²) in [4.78, 5) is 9.07. The standard InChI is InChI=1S/C29H27ClN8O2/c1-37-18-32-17-26(37)29(39,21-8-6-19(7-9-21)16-31-12-13-40-2)22-10-11-25-24(15-22)27(20-4-3-5-23(30)14-20)33-28-34-35-36-38(25)28/h3-11,14-15,17-18,31,39H,12-13,16H2,1-2H3. The summed E-state index contributed by atoms with van der Waals surface area (Å²) in [6.45, 7) is 2.09. The lowest BCUT2D eigenvalue weighted by Gasteiger charge is -2.30. The van der Waals surface area contributed by atoms with Crippen LogP contribution in [0.4, 0.5) is 0 Å². The number of benzene rings is 3. The molecule has 6 rings (SSSR count). The van der Waals surface area contributed by atoms with Crippen LogP contribution < -0.4 is 5.32 Å². The fraction of sp³-hybridized carbons (Fsp3) is 0.207. The number of aliphatic hydroxyl groups is 1. The van der Waals surface area contributed by atoms with E-state index in [1.54, 1.807) is 24.1 Å². The summed E-state index contributed by atoms with van der Waals surface area (Å²) >= 11 is 6.34. The predicted molar refractivity (Wildman–Crippen MR) is 152 cm³/mol. The zero-order chi connectivity index (χ0) is 27.7. The van der Waals surface area contributed by atoms with E-state index >= 15 is 0 Å². The van der Waals surface area contributed by atoms with Crippen molar-refractivity contribution >= 4 is 28.3 Å².